The second-order valence-electron chi connectivity index (χ2n) is 9.79. The predicted octanol–water partition coefficient (Wildman–Crippen LogP) is 5.87. The Balaban J connectivity index is 1.94. The number of ketones is 1. The minimum atomic E-state index is -0.737. The zero-order valence-corrected chi connectivity index (χ0v) is 22.7. The molecule has 1 N–H and O–H groups in total. The summed E-state index contributed by atoms with van der Waals surface area (Å²) in [4.78, 5) is 41.0. The first-order chi connectivity index (χ1) is 18.3. The summed E-state index contributed by atoms with van der Waals surface area (Å²) in [5.41, 5.74) is 2.03. The van der Waals surface area contributed by atoms with Crippen LogP contribution in [0.3, 0.4) is 0 Å². The third kappa shape index (κ3) is 6.86. The van der Waals surface area contributed by atoms with Gasteiger partial charge in [0.05, 0.1) is 16.5 Å². The number of nitro groups is 1. The maximum Gasteiger partial charge on any atom is 0.295 e. The van der Waals surface area contributed by atoms with E-state index in [2.05, 4.69) is 25.7 Å². The Labute approximate surface area is 225 Å². The van der Waals surface area contributed by atoms with Gasteiger partial charge in [0.2, 0.25) is 0 Å². The van der Waals surface area contributed by atoms with Crippen molar-refractivity contribution < 1.29 is 19.6 Å². The van der Waals surface area contributed by atoms with E-state index in [1.807, 2.05) is 24.3 Å². The lowest BCUT2D eigenvalue weighted by atomic mass is 9.94. The smallest absolute Gasteiger partial charge is 0.295 e. The van der Waals surface area contributed by atoms with Crippen molar-refractivity contribution in [1.29, 1.82) is 0 Å². The van der Waals surface area contributed by atoms with Gasteiger partial charge < -0.3 is 14.9 Å². The van der Waals surface area contributed by atoms with Gasteiger partial charge in [0.1, 0.15) is 5.76 Å². The number of benzene rings is 2. The first-order valence-corrected chi connectivity index (χ1v) is 13.7. The fourth-order valence-corrected chi connectivity index (χ4v) is 4.85. The lowest BCUT2D eigenvalue weighted by Gasteiger charge is -2.27. The van der Waals surface area contributed by atoms with Crippen molar-refractivity contribution in [2.24, 2.45) is 0 Å². The highest BCUT2D eigenvalue weighted by atomic mass is 16.6. The van der Waals surface area contributed by atoms with Gasteiger partial charge in [-0.15, -0.1) is 0 Å². The molecule has 0 aromatic heterocycles. The Morgan fingerprint density at radius 3 is 2.03 bits per heavy atom. The van der Waals surface area contributed by atoms with E-state index in [0.29, 0.717) is 13.0 Å². The Morgan fingerprint density at radius 1 is 0.921 bits per heavy atom. The summed E-state index contributed by atoms with van der Waals surface area (Å²) in [6, 6.07) is 12.4. The van der Waals surface area contributed by atoms with E-state index in [0.717, 1.165) is 62.9 Å². The topological polar surface area (TPSA) is 104 Å². The van der Waals surface area contributed by atoms with Crippen molar-refractivity contribution in [2.75, 3.05) is 26.2 Å². The van der Waals surface area contributed by atoms with Crippen LogP contribution in [-0.4, -0.2) is 57.7 Å². The molecular weight excluding hydrogens is 482 g/mol. The van der Waals surface area contributed by atoms with Gasteiger partial charge in [-0.25, -0.2) is 0 Å². The van der Waals surface area contributed by atoms with Gasteiger partial charge in [-0.2, -0.15) is 0 Å². The Morgan fingerprint density at radius 2 is 1.50 bits per heavy atom. The average Bonchev–Trinajstić information content (AvgIpc) is 3.18. The summed E-state index contributed by atoms with van der Waals surface area (Å²) < 4.78 is 0. The summed E-state index contributed by atoms with van der Waals surface area (Å²) >= 11 is 0. The summed E-state index contributed by atoms with van der Waals surface area (Å²) in [5.74, 6) is -1.69. The van der Waals surface area contributed by atoms with Crippen LogP contribution in [0, 0.1) is 10.1 Å². The van der Waals surface area contributed by atoms with Crippen molar-refractivity contribution in [3.63, 3.8) is 0 Å². The molecule has 204 valence electrons. The Kier molecular flexibility index (Phi) is 10.6. The van der Waals surface area contributed by atoms with Crippen LogP contribution in [-0.2, 0) is 16.0 Å². The van der Waals surface area contributed by atoms with Gasteiger partial charge in [-0.1, -0.05) is 57.9 Å². The molecule has 0 radical (unpaired) electrons. The number of Topliss-reactive ketones (excluding diaryl/α,β-unsaturated/α-hetero) is 1. The SMILES string of the molecule is CCCCN(CCCC)CCCN1C(=O)C(=O)C(=C(O)c2ccc([N+](=O)[O-])cc2)[C@@H]1c1ccc(CC)cc1. The minimum Gasteiger partial charge on any atom is -0.507 e. The van der Waals surface area contributed by atoms with Crippen LogP contribution >= 0.6 is 0 Å². The normalized spacial score (nSPS) is 16.9. The van der Waals surface area contributed by atoms with E-state index in [9.17, 15) is 24.8 Å². The van der Waals surface area contributed by atoms with E-state index < -0.39 is 22.7 Å². The molecule has 1 heterocycles. The number of unbranched alkanes of at least 4 members (excludes halogenated alkanes) is 2. The summed E-state index contributed by atoms with van der Waals surface area (Å²) in [6.45, 7) is 9.63. The molecule has 2 aromatic carbocycles. The molecule has 0 spiro atoms. The maximum atomic E-state index is 13.3. The lowest BCUT2D eigenvalue weighted by molar-refractivity contribution is -0.384. The third-order valence-electron chi connectivity index (χ3n) is 7.12. The monoisotopic (exact) mass is 521 g/mol. The zero-order valence-electron chi connectivity index (χ0n) is 22.7. The number of nitrogens with zero attached hydrogens (tertiary/aromatic N) is 3. The fourth-order valence-electron chi connectivity index (χ4n) is 4.85. The summed E-state index contributed by atoms with van der Waals surface area (Å²) in [5, 5.41) is 22.3. The third-order valence-corrected chi connectivity index (χ3v) is 7.12. The number of aliphatic hydroxyl groups is 1. The van der Waals surface area contributed by atoms with Gasteiger partial charge in [-0.05, 0) is 68.6 Å². The number of carbonyl (C=O) groups is 2. The molecule has 2 aromatic rings. The Hall–Kier alpha value is -3.52. The highest BCUT2D eigenvalue weighted by Crippen LogP contribution is 2.39. The number of hydrogen-bond acceptors (Lipinski definition) is 6. The van der Waals surface area contributed by atoms with Crippen molar-refractivity contribution in [3.05, 3.63) is 80.9 Å². The fraction of sp³-hybridized carbons (Fsp3) is 0.467. The predicted molar refractivity (Wildman–Crippen MR) is 149 cm³/mol. The van der Waals surface area contributed by atoms with Crippen molar-refractivity contribution in [1.82, 2.24) is 9.80 Å². The zero-order chi connectivity index (χ0) is 27.7. The molecule has 1 saturated heterocycles. The van der Waals surface area contributed by atoms with Gasteiger partial charge in [0.25, 0.3) is 17.4 Å². The lowest BCUT2D eigenvalue weighted by Crippen LogP contribution is -2.34. The summed E-state index contributed by atoms with van der Waals surface area (Å²) in [6.07, 6.45) is 6.04. The van der Waals surface area contributed by atoms with Crippen LogP contribution in [0.15, 0.2) is 54.1 Å². The maximum absolute atomic E-state index is 13.3. The van der Waals surface area contributed by atoms with Crippen molar-refractivity contribution >= 4 is 23.1 Å². The number of carbonyl (C=O) groups excluding carboxylic acids is 2. The molecule has 1 fully saturated rings. The number of rotatable bonds is 14. The quantitative estimate of drug-likeness (QED) is 0.110. The molecule has 38 heavy (non-hydrogen) atoms. The molecule has 8 nitrogen and oxygen atoms in total. The van der Waals surface area contributed by atoms with Gasteiger partial charge >= 0.3 is 0 Å². The highest BCUT2D eigenvalue weighted by Gasteiger charge is 2.45. The molecular formula is C30H39N3O5. The van der Waals surface area contributed by atoms with Crippen molar-refractivity contribution in [3.8, 4) is 0 Å². The van der Waals surface area contributed by atoms with E-state index in [1.54, 1.807) is 4.90 Å². The second-order valence-corrected chi connectivity index (χ2v) is 9.79. The van der Waals surface area contributed by atoms with Crippen LogP contribution in [0.25, 0.3) is 5.76 Å². The number of likely N-dealkylation sites (tertiary alicyclic amines) is 1. The molecule has 0 saturated carbocycles. The molecule has 8 heteroatoms. The first kappa shape index (κ1) is 29.0. The standard InChI is InChI=1S/C30H39N3O5/c1-4-7-18-31(19-8-5-2)20-9-21-32-27(23-12-10-22(6-3)11-13-23)26(29(35)30(32)36)28(34)24-14-16-25(17-15-24)33(37)38/h10-17,27,34H,4-9,18-21H2,1-3H3/t27-/m0/s1. The van der Waals surface area contributed by atoms with E-state index >= 15 is 0 Å². The average molecular weight is 522 g/mol. The summed E-state index contributed by atoms with van der Waals surface area (Å²) in [7, 11) is 0. The molecule has 1 amide bonds. The van der Waals surface area contributed by atoms with Gasteiger partial charge in [0, 0.05) is 24.2 Å². The number of aryl methyl sites for hydroxylation is 1. The Bertz CT molecular complexity index is 1130. The number of nitro benzene ring substituents is 1. The van der Waals surface area contributed by atoms with Gasteiger partial charge in [-0.3, -0.25) is 19.7 Å². The van der Waals surface area contributed by atoms with E-state index in [-0.39, 0.29) is 22.6 Å². The molecule has 0 bridgehead atoms. The van der Waals surface area contributed by atoms with Gasteiger partial charge in [0.15, 0.2) is 0 Å². The molecule has 1 aliphatic heterocycles. The molecule has 1 aliphatic rings. The largest absolute Gasteiger partial charge is 0.507 e. The van der Waals surface area contributed by atoms with Crippen LogP contribution in [0.2, 0.25) is 0 Å². The van der Waals surface area contributed by atoms with Crippen LogP contribution in [0.4, 0.5) is 5.69 Å². The van der Waals surface area contributed by atoms with Crippen LogP contribution in [0.1, 0.15) is 75.6 Å². The van der Waals surface area contributed by atoms with Crippen molar-refractivity contribution in [2.45, 2.75) is 65.3 Å². The number of non-ortho nitro benzene ring substituents is 1. The number of aliphatic hydroxyl groups excluding tert-OH is 1. The highest BCUT2D eigenvalue weighted by molar-refractivity contribution is 6.46. The number of hydrogen-bond donors (Lipinski definition) is 1. The van der Waals surface area contributed by atoms with E-state index in [1.165, 1.54) is 24.3 Å². The molecule has 0 unspecified atom stereocenters. The molecule has 3 rings (SSSR count). The molecule has 0 aliphatic carbocycles. The second kappa shape index (κ2) is 13.9. The minimum absolute atomic E-state index is 0.0157. The van der Waals surface area contributed by atoms with E-state index in [4.69, 9.17) is 0 Å². The first-order valence-electron chi connectivity index (χ1n) is 13.7. The molecule has 1 atom stereocenters. The van der Waals surface area contributed by atoms with Crippen LogP contribution in [0.5, 0.6) is 0 Å². The number of amides is 1. The van der Waals surface area contributed by atoms with Crippen LogP contribution < -0.4 is 0 Å².